The Morgan fingerprint density at radius 2 is 1.00 bits per heavy atom. The largest absolute Gasteiger partial charge is 0.309 e. The maximum atomic E-state index is 2.48. The minimum Gasteiger partial charge on any atom is -0.309 e. The van der Waals surface area contributed by atoms with Crippen molar-refractivity contribution in [3.05, 3.63) is 113 Å². The highest BCUT2D eigenvalue weighted by Crippen LogP contribution is 2.34. The molecule has 0 saturated carbocycles. The lowest BCUT2D eigenvalue weighted by Gasteiger charge is -2.17. The van der Waals surface area contributed by atoms with E-state index in [1.807, 2.05) is 0 Å². The van der Waals surface area contributed by atoms with Crippen LogP contribution in [0.5, 0.6) is 0 Å². The summed E-state index contributed by atoms with van der Waals surface area (Å²) in [7, 11) is 0. The van der Waals surface area contributed by atoms with Crippen LogP contribution in [0.1, 0.15) is 22.3 Å². The molecule has 0 amide bonds. The summed E-state index contributed by atoms with van der Waals surface area (Å²) in [6.07, 6.45) is 4.29. The first-order valence-electron chi connectivity index (χ1n) is 10.5. The SMILES string of the molecule is c1ccc2c(c1)c1ccccc1n2-c1cc2ccc1CCc1ccc(cc1)CC2. The third-order valence-corrected chi connectivity index (χ3v) is 6.38. The van der Waals surface area contributed by atoms with Crippen LogP contribution in [0.25, 0.3) is 27.5 Å². The molecule has 0 unspecified atom stereocenters. The lowest BCUT2D eigenvalue weighted by Crippen LogP contribution is -2.04. The Kier molecular flexibility index (Phi) is 3.80. The molecule has 140 valence electrons. The predicted octanol–water partition coefficient (Wildman–Crippen LogP) is 6.67. The molecule has 0 N–H and O–H groups in total. The van der Waals surface area contributed by atoms with Gasteiger partial charge in [-0.3, -0.25) is 0 Å². The van der Waals surface area contributed by atoms with Crippen molar-refractivity contribution in [3.63, 3.8) is 0 Å². The quantitative estimate of drug-likeness (QED) is 0.309. The first-order chi connectivity index (χ1) is 14.4. The molecule has 0 spiro atoms. The van der Waals surface area contributed by atoms with Gasteiger partial charge in [0.1, 0.15) is 0 Å². The number of hydrogen-bond donors (Lipinski definition) is 0. The normalized spacial score (nSPS) is 13.7. The fraction of sp³-hybridized carbons (Fsp3) is 0.143. The minimum absolute atomic E-state index is 1.05. The molecule has 29 heavy (non-hydrogen) atoms. The summed E-state index contributed by atoms with van der Waals surface area (Å²) in [6.45, 7) is 0. The second-order valence-electron chi connectivity index (χ2n) is 8.15. The van der Waals surface area contributed by atoms with Crippen LogP contribution in [0.15, 0.2) is 91.0 Å². The first kappa shape index (κ1) is 16.6. The molecular weight excluding hydrogens is 350 g/mol. The lowest BCUT2D eigenvalue weighted by atomic mass is 9.95. The summed E-state index contributed by atoms with van der Waals surface area (Å²) in [6, 6.07) is 34.0. The van der Waals surface area contributed by atoms with E-state index < -0.39 is 0 Å². The standard InChI is InChI=1S/C28H23N/c1-3-7-26-24(5-1)25-6-2-4-8-27(25)29(26)28-19-22-14-13-20-9-11-21(12-10-20)15-17-23(28)18-16-22/h1-12,16,18-19H,13-15,17H2. The van der Waals surface area contributed by atoms with Crippen molar-refractivity contribution < 1.29 is 0 Å². The van der Waals surface area contributed by atoms with E-state index in [9.17, 15) is 0 Å². The molecule has 1 nitrogen and oxygen atoms in total. The summed E-state index contributed by atoms with van der Waals surface area (Å²) in [5.41, 5.74) is 9.61. The molecule has 4 aliphatic carbocycles. The molecule has 4 bridgehead atoms. The first-order valence-corrected chi connectivity index (χ1v) is 10.5. The predicted molar refractivity (Wildman–Crippen MR) is 122 cm³/mol. The average molecular weight is 373 g/mol. The average Bonchev–Trinajstić information content (AvgIpc) is 3.10. The number of aryl methyl sites for hydroxylation is 4. The Balaban J connectivity index is 1.61. The molecule has 9 rings (SSSR count). The molecule has 0 radical (unpaired) electrons. The zero-order valence-corrected chi connectivity index (χ0v) is 16.4. The zero-order chi connectivity index (χ0) is 19.2. The highest BCUT2D eigenvalue weighted by atomic mass is 15.0. The Bertz CT molecular complexity index is 1290. The van der Waals surface area contributed by atoms with Gasteiger partial charge in [-0.15, -0.1) is 0 Å². The van der Waals surface area contributed by atoms with Crippen LogP contribution >= 0.6 is 0 Å². The number of benzene rings is 4. The van der Waals surface area contributed by atoms with Crippen LogP contribution in [-0.2, 0) is 25.7 Å². The van der Waals surface area contributed by atoms with Gasteiger partial charge in [-0.2, -0.15) is 0 Å². The van der Waals surface area contributed by atoms with Crippen molar-refractivity contribution in [2.75, 3.05) is 0 Å². The summed E-state index contributed by atoms with van der Waals surface area (Å²) in [5, 5.41) is 2.66. The molecule has 0 saturated heterocycles. The maximum absolute atomic E-state index is 2.48. The van der Waals surface area contributed by atoms with Gasteiger partial charge in [-0.25, -0.2) is 0 Å². The fourth-order valence-corrected chi connectivity index (χ4v) is 4.81. The highest BCUT2D eigenvalue weighted by molar-refractivity contribution is 6.09. The van der Waals surface area contributed by atoms with Crippen molar-refractivity contribution >= 4 is 21.8 Å². The van der Waals surface area contributed by atoms with Crippen LogP contribution in [0, 0.1) is 0 Å². The number of aromatic nitrogens is 1. The van der Waals surface area contributed by atoms with Gasteiger partial charge >= 0.3 is 0 Å². The van der Waals surface area contributed by atoms with Crippen molar-refractivity contribution in [3.8, 4) is 5.69 Å². The Hall–Kier alpha value is -3.32. The third-order valence-electron chi connectivity index (χ3n) is 6.38. The number of hydrogen-bond acceptors (Lipinski definition) is 0. The van der Waals surface area contributed by atoms with Gasteiger partial charge in [-0.05, 0) is 66.1 Å². The Labute approximate surface area is 171 Å². The van der Waals surface area contributed by atoms with Gasteiger partial charge in [-0.1, -0.05) is 72.8 Å². The molecule has 4 aromatic carbocycles. The van der Waals surface area contributed by atoms with Crippen LogP contribution in [-0.4, -0.2) is 4.57 Å². The Morgan fingerprint density at radius 3 is 1.66 bits per heavy atom. The second kappa shape index (κ2) is 6.63. The molecule has 4 aliphatic rings. The van der Waals surface area contributed by atoms with E-state index in [-0.39, 0.29) is 0 Å². The minimum atomic E-state index is 1.05. The van der Waals surface area contributed by atoms with E-state index in [1.165, 1.54) is 49.7 Å². The number of para-hydroxylation sites is 2. The molecule has 1 heterocycles. The summed E-state index contributed by atoms with van der Waals surface area (Å²) >= 11 is 0. The molecule has 1 aromatic heterocycles. The van der Waals surface area contributed by atoms with Crippen molar-refractivity contribution in [2.24, 2.45) is 0 Å². The molecule has 5 aromatic rings. The maximum Gasteiger partial charge on any atom is 0.0541 e. The van der Waals surface area contributed by atoms with Gasteiger partial charge < -0.3 is 4.57 Å². The van der Waals surface area contributed by atoms with Crippen LogP contribution in [0.4, 0.5) is 0 Å². The van der Waals surface area contributed by atoms with E-state index in [1.54, 1.807) is 0 Å². The van der Waals surface area contributed by atoms with Crippen LogP contribution in [0.3, 0.4) is 0 Å². The van der Waals surface area contributed by atoms with Gasteiger partial charge in [0.05, 0.1) is 11.0 Å². The highest BCUT2D eigenvalue weighted by Gasteiger charge is 2.15. The van der Waals surface area contributed by atoms with Gasteiger partial charge in [0.25, 0.3) is 0 Å². The van der Waals surface area contributed by atoms with Crippen LogP contribution in [0.2, 0.25) is 0 Å². The second-order valence-corrected chi connectivity index (χ2v) is 8.15. The monoisotopic (exact) mass is 373 g/mol. The topological polar surface area (TPSA) is 4.93 Å². The van der Waals surface area contributed by atoms with E-state index in [2.05, 4.69) is 95.6 Å². The number of fused-ring (bicyclic) bond motifs is 3. The molecule has 0 atom stereocenters. The summed E-state index contributed by atoms with van der Waals surface area (Å²) in [4.78, 5) is 0. The zero-order valence-electron chi connectivity index (χ0n) is 16.4. The number of nitrogens with zero attached hydrogens (tertiary/aromatic N) is 1. The van der Waals surface area contributed by atoms with Gasteiger partial charge in [0.15, 0.2) is 0 Å². The number of rotatable bonds is 1. The molecular formula is C28H23N. The Morgan fingerprint density at radius 1 is 0.483 bits per heavy atom. The van der Waals surface area contributed by atoms with Crippen molar-refractivity contribution in [1.29, 1.82) is 0 Å². The van der Waals surface area contributed by atoms with E-state index in [0.29, 0.717) is 0 Å². The third kappa shape index (κ3) is 2.77. The summed E-state index contributed by atoms with van der Waals surface area (Å²) in [5.74, 6) is 0. The van der Waals surface area contributed by atoms with Crippen LogP contribution < -0.4 is 0 Å². The lowest BCUT2D eigenvalue weighted by molar-refractivity contribution is 0.908. The van der Waals surface area contributed by atoms with E-state index in [0.717, 1.165) is 25.7 Å². The summed E-state index contributed by atoms with van der Waals surface area (Å²) < 4.78 is 2.48. The van der Waals surface area contributed by atoms with Crippen molar-refractivity contribution in [2.45, 2.75) is 25.7 Å². The molecule has 1 heteroatoms. The smallest absolute Gasteiger partial charge is 0.0541 e. The van der Waals surface area contributed by atoms with E-state index >= 15 is 0 Å². The van der Waals surface area contributed by atoms with Crippen molar-refractivity contribution in [1.82, 2.24) is 4.57 Å². The fourth-order valence-electron chi connectivity index (χ4n) is 4.81. The van der Waals surface area contributed by atoms with Gasteiger partial charge in [0, 0.05) is 16.5 Å². The molecule has 0 aliphatic heterocycles. The van der Waals surface area contributed by atoms with E-state index in [4.69, 9.17) is 0 Å². The van der Waals surface area contributed by atoms with Gasteiger partial charge in [0.2, 0.25) is 0 Å². The molecule has 0 fully saturated rings.